The highest BCUT2D eigenvalue weighted by Crippen LogP contribution is 2.22. The summed E-state index contributed by atoms with van der Waals surface area (Å²) in [6.07, 6.45) is 1.92. The summed E-state index contributed by atoms with van der Waals surface area (Å²) in [5.41, 5.74) is 1.17. The van der Waals surface area contributed by atoms with E-state index in [9.17, 15) is 9.59 Å². The third kappa shape index (κ3) is 5.03. The Morgan fingerprint density at radius 2 is 2.12 bits per heavy atom. The minimum absolute atomic E-state index is 0.00137. The minimum Gasteiger partial charge on any atom is -0.356 e. The highest BCUT2D eigenvalue weighted by Gasteiger charge is 2.25. The lowest BCUT2D eigenvalue weighted by Crippen LogP contribution is -2.36. The maximum Gasteiger partial charge on any atom is 0.315 e. The number of urea groups is 1. The van der Waals surface area contributed by atoms with Crippen LogP contribution in [0.1, 0.15) is 36.0 Å². The van der Waals surface area contributed by atoms with Crippen molar-refractivity contribution in [2.75, 3.05) is 13.1 Å². The predicted octanol–water partition coefficient (Wildman–Crippen LogP) is 1.11. The zero-order valence-corrected chi connectivity index (χ0v) is 13.8. The molecule has 0 radical (unpaired) electrons. The number of nitrogens with one attached hydrogen (secondary N) is 3. The van der Waals surface area contributed by atoms with Gasteiger partial charge < -0.3 is 20.5 Å². The van der Waals surface area contributed by atoms with E-state index in [-0.39, 0.29) is 24.4 Å². The molecule has 3 N–H and O–H groups in total. The molecule has 1 aliphatic rings. The van der Waals surface area contributed by atoms with E-state index in [2.05, 4.69) is 26.1 Å². The average molecular weight is 343 g/mol. The predicted molar refractivity (Wildman–Crippen MR) is 89.7 cm³/mol. The summed E-state index contributed by atoms with van der Waals surface area (Å²) in [5, 5.41) is 12.2. The first kappa shape index (κ1) is 16.9. The highest BCUT2D eigenvalue weighted by atomic mass is 16.5. The molecule has 1 aromatic heterocycles. The van der Waals surface area contributed by atoms with Crippen LogP contribution < -0.4 is 16.0 Å². The van der Waals surface area contributed by atoms with E-state index in [1.165, 1.54) is 5.56 Å². The van der Waals surface area contributed by atoms with Crippen LogP contribution in [0.4, 0.5) is 4.79 Å². The molecular weight excluding hydrogens is 322 g/mol. The fourth-order valence-corrected chi connectivity index (χ4v) is 2.69. The molecule has 3 rings (SSSR count). The number of carbonyl (C=O) groups excluding carboxylic acids is 2. The van der Waals surface area contributed by atoms with Crippen LogP contribution >= 0.6 is 0 Å². The Kier molecular flexibility index (Phi) is 5.61. The number of nitrogens with zero attached hydrogens (tertiary/aromatic N) is 2. The zero-order chi connectivity index (χ0) is 17.5. The number of hydrogen-bond donors (Lipinski definition) is 3. The number of rotatable bonds is 6. The third-order valence-corrected chi connectivity index (χ3v) is 4.04. The summed E-state index contributed by atoms with van der Waals surface area (Å²) in [7, 11) is 0. The number of piperidine rings is 1. The molecule has 8 heteroatoms. The van der Waals surface area contributed by atoms with Crippen molar-refractivity contribution >= 4 is 11.9 Å². The second-order valence-electron chi connectivity index (χ2n) is 5.93. The van der Waals surface area contributed by atoms with E-state index in [4.69, 9.17) is 4.52 Å². The van der Waals surface area contributed by atoms with Crippen LogP contribution in [0, 0.1) is 0 Å². The van der Waals surface area contributed by atoms with Crippen molar-refractivity contribution in [1.29, 1.82) is 0 Å². The van der Waals surface area contributed by atoms with Gasteiger partial charge in [-0.2, -0.15) is 4.98 Å². The first-order chi connectivity index (χ1) is 12.2. The summed E-state index contributed by atoms with van der Waals surface area (Å²) in [6, 6.07) is 9.66. The molecule has 0 bridgehead atoms. The summed E-state index contributed by atoms with van der Waals surface area (Å²) in [5.74, 6) is 0.833. The minimum atomic E-state index is -0.285. The van der Waals surface area contributed by atoms with Crippen LogP contribution in [0.15, 0.2) is 34.9 Å². The summed E-state index contributed by atoms with van der Waals surface area (Å²) < 4.78 is 5.14. The van der Waals surface area contributed by atoms with Gasteiger partial charge in [0.25, 0.3) is 0 Å². The summed E-state index contributed by atoms with van der Waals surface area (Å²) in [6.45, 7) is 1.32. The molecule has 1 unspecified atom stereocenters. The molecule has 0 spiro atoms. The number of carbonyl (C=O) groups is 2. The van der Waals surface area contributed by atoms with Crippen molar-refractivity contribution in [1.82, 2.24) is 26.1 Å². The smallest absolute Gasteiger partial charge is 0.315 e. The number of amides is 3. The van der Waals surface area contributed by atoms with E-state index in [1.54, 1.807) is 0 Å². The maximum absolute atomic E-state index is 11.8. The topological polar surface area (TPSA) is 109 Å². The molecule has 1 fully saturated rings. The molecule has 3 amide bonds. The normalized spacial score (nSPS) is 17.0. The maximum atomic E-state index is 11.8. The van der Waals surface area contributed by atoms with Gasteiger partial charge >= 0.3 is 6.03 Å². The van der Waals surface area contributed by atoms with Gasteiger partial charge in [-0.25, -0.2) is 4.79 Å². The van der Waals surface area contributed by atoms with Gasteiger partial charge in [-0.3, -0.25) is 4.79 Å². The Labute approximate surface area is 145 Å². The Bertz CT molecular complexity index is 716. The molecule has 2 heterocycles. The van der Waals surface area contributed by atoms with Crippen LogP contribution in [-0.2, 0) is 17.8 Å². The Morgan fingerprint density at radius 1 is 1.28 bits per heavy atom. The molecule has 0 aliphatic carbocycles. The highest BCUT2D eigenvalue weighted by molar-refractivity contribution is 5.77. The first-order valence-corrected chi connectivity index (χ1v) is 8.35. The van der Waals surface area contributed by atoms with E-state index < -0.39 is 0 Å². The molecule has 132 valence electrons. The lowest BCUT2D eigenvalue weighted by molar-refractivity contribution is -0.122. The van der Waals surface area contributed by atoms with Crippen molar-refractivity contribution < 1.29 is 14.1 Å². The number of benzene rings is 1. The molecule has 1 aromatic carbocycles. The van der Waals surface area contributed by atoms with Crippen LogP contribution in [-0.4, -0.2) is 35.2 Å². The Balaban J connectivity index is 1.39. The fourth-order valence-electron chi connectivity index (χ4n) is 2.69. The second kappa shape index (κ2) is 8.27. The van der Waals surface area contributed by atoms with Crippen LogP contribution in [0.3, 0.4) is 0 Å². The average Bonchev–Trinajstić information content (AvgIpc) is 3.10. The van der Waals surface area contributed by atoms with E-state index in [0.29, 0.717) is 31.2 Å². The Hall–Kier alpha value is -2.90. The summed E-state index contributed by atoms with van der Waals surface area (Å²) in [4.78, 5) is 27.5. The molecule has 2 aromatic rings. The van der Waals surface area contributed by atoms with Gasteiger partial charge in [0.15, 0.2) is 5.82 Å². The van der Waals surface area contributed by atoms with Gasteiger partial charge in [0, 0.05) is 25.4 Å². The van der Waals surface area contributed by atoms with Gasteiger partial charge in [0.2, 0.25) is 11.8 Å². The Morgan fingerprint density at radius 3 is 2.92 bits per heavy atom. The van der Waals surface area contributed by atoms with Crippen LogP contribution in [0.25, 0.3) is 0 Å². The van der Waals surface area contributed by atoms with Crippen molar-refractivity contribution in [3.05, 3.63) is 47.6 Å². The van der Waals surface area contributed by atoms with Crippen LogP contribution in [0.2, 0.25) is 0 Å². The van der Waals surface area contributed by atoms with Crippen molar-refractivity contribution in [2.45, 2.75) is 31.7 Å². The van der Waals surface area contributed by atoms with Crippen molar-refractivity contribution in [2.24, 2.45) is 0 Å². The van der Waals surface area contributed by atoms with E-state index in [0.717, 1.165) is 12.8 Å². The molecule has 1 atom stereocenters. The molecule has 8 nitrogen and oxygen atoms in total. The molecule has 25 heavy (non-hydrogen) atoms. The third-order valence-electron chi connectivity index (χ3n) is 4.04. The lowest BCUT2D eigenvalue weighted by atomic mass is 9.97. The molecule has 1 aliphatic heterocycles. The quantitative estimate of drug-likeness (QED) is 0.728. The van der Waals surface area contributed by atoms with Crippen LogP contribution in [0.5, 0.6) is 0 Å². The standard InChI is InChI=1S/C17H21N5O3/c23-14-10-13(7-9-18-14)16-21-15(25-22-16)11-20-17(24)19-8-6-12-4-2-1-3-5-12/h1-5,13H,6-11H2,(H,18,23)(H2,19,20,24). The van der Waals surface area contributed by atoms with Gasteiger partial charge in [-0.15, -0.1) is 0 Å². The van der Waals surface area contributed by atoms with Gasteiger partial charge in [-0.1, -0.05) is 35.5 Å². The molecular formula is C17H21N5O3. The summed E-state index contributed by atoms with van der Waals surface area (Å²) >= 11 is 0. The zero-order valence-electron chi connectivity index (χ0n) is 13.8. The first-order valence-electron chi connectivity index (χ1n) is 8.35. The number of aromatic nitrogens is 2. The lowest BCUT2D eigenvalue weighted by Gasteiger charge is -2.18. The second-order valence-corrected chi connectivity index (χ2v) is 5.93. The monoisotopic (exact) mass is 343 g/mol. The largest absolute Gasteiger partial charge is 0.356 e. The number of hydrogen-bond acceptors (Lipinski definition) is 5. The SMILES string of the molecule is O=C1CC(c2noc(CNC(=O)NCCc3ccccc3)n2)CCN1. The molecule has 0 saturated carbocycles. The van der Waals surface area contributed by atoms with Crippen molar-refractivity contribution in [3.63, 3.8) is 0 Å². The van der Waals surface area contributed by atoms with Gasteiger partial charge in [-0.05, 0) is 18.4 Å². The van der Waals surface area contributed by atoms with E-state index >= 15 is 0 Å². The van der Waals surface area contributed by atoms with Gasteiger partial charge in [0.1, 0.15) is 0 Å². The van der Waals surface area contributed by atoms with Crippen molar-refractivity contribution in [3.8, 4) is 0 Å². The fraction of sp³-hybridized carbons (Fsp3) is 0.412. The van der Waals surface area contributed by atoms with E-state index in [1.807, 2.05) is 30.3 Å². The van der Waals surface area contributed by atoms with Gasteiger partial charge in [0.05, 0.1) is 6.54 Å². The molecule has 1 saturated heterocycles.